The summed E-state index contributed by atoms with van der Waals surface area (Å²) in [6, 6.07) is 128. The van der Waals surface area contributed by atoms with Crippen molar-refractivity contribution >= 4 is 64.6 Å². The first kappa shape index (κ1) is 74.0. The molecular formula is C116H83N7. The fraction of sp³-hybridized carbons (Fsp3) is 0.0776. The normalized spacial score (nSPS) is 13.3. The van der Waals surface area contributed by atoms with E-state index in [0.717, 1.165) is 38.9 Å². The molecule has 0 atom stereocenters. The Balaban J connectivity index is 0.000000110. The molecule has 0 aliphatic heterocycles. The van der Waals surface area contributed by atoms with Crippen LogP contribution < -0.4 is 0 Å². The molecule has 21 aromatic rings. The average Bonchev–Trinajstić information content (AvgIpc) is 1.71. The van der Waals surface area contributed by atoms with Gasteiger partial charge in [0.1, 0.15) is 19.0 Å². The van der Waals surface area contributed by atoms with Gasteiger partial charge in [-0.25, -0.2) is 24.9 Å². The van der Waals surface area contributed by atoms with E-state index in [2.05, 4.69) is 412 Å². The van der Waals surface area contributed by atoms with Crippen molar-refractivity contribution in [2.75, 3.05) is 0 Å². The third kappa shape index (κ3) is 12.3. The lowest BCUT2D eigenvalue weighted by Gasteiger charge is -2.22. The molecule has 582 valence electrons. The molecule has 3 aliphatic carbocycles. The van der Waals surface area contributed by atoms with E-state index in [1.54, 1.807) is 31.4 Å². The van der Waals surface area contributed by atoms with E-state index in [9.17, 15) is 0 Å². The summed E-state index contributed by atoms with van der Waals surface area (Å²) in [5.41, 5.74) is 36.0. The van der Waals surface area contributed by atoms with Crippen LogP contribution in [0.15, 0.2) is 396 Å². The highest BCUT2D eigenvalue weighted by Crippen LogP contribution is 2.56. The van der Waals surface area contributed by atoms with Gasteiger partial charge in [-0.3, -0.25) is 9.97 Å². The summed E-state index contributed by atoms with van der Waals surface area (Å²) in [7, 11) is 0. The molecule has 0 spiro atoms. The molecule has 0 saturated heterocycles. The van der Waals surface area contributed by atoms with Crippen LogP contribution in [0.25, 0.3) is 199 Å². The topological polar surface area (TPSA) is 90.2 Å². The summed E-state index contributed by atoms with van der Waals surface area (Å²) in [4.78, 5) is 31.4. The summed E-state index contributed by atoms with van der Waals surface area (Å²) < 4.78 is 0. The van der Waals surface area contributed by atoms with Crippen LogP contribution in [0.5, 0.6) is 0 Å². The number of nitrogens with zero attached hydrogens (tertiary/aromatic N) is 7. The van der Waals surface area contributed by atoms with Crippen molar-refractivity contribution < 1.29 is 0 Å². The van der Waals surface area contributed by atoms with E-state index in [-0.39, 0.29) is 16.2 Å². The minimum Gasteiger partial charge on any atom is -0.261 e. The maximum atomic E-state index is 4.76. The second kappa shape index (κ2) is 29.6. The number of benzene rings is 18. The third-order valence-corrected chi connectivity index (χ3v) is 26.4. The highest BCUT2D eigenvalue weighted by Gasteiger charge is 2.39. The van der Waals surface area contributed by atoms with Gasteiger partial charge in [-0.05, 0) is 241 Å². The molecule has 7 heteroatoms. The second-order valence-corrected chi connectivity index (χ2v) is 34.2. The monoisotopic (exact) mass is 1570 g/mol. The number of hydrogen-bond acceptors (Lipinski definition) is 7. The summed E-state index contributed by atoms with van der Waals surface area (Å²) in [6.45, 7) is 14.0. The molecule has 18 aromatic carbocycles. The Morgan fingerprint density at radius 2 is 0.488 bits per heavy atom. The van der Waals surface area contributed by atoms with Crippen LogP contribution in [-0.2, 0) is 16.2 Å². The lowest BCUT2D eigenvalue weighted by Crippen LogP contribution is -2.14. The van der Waals surface area contributed by atoms with Gasteiger partial charge in [0.15, 0.2) is 5.82 Å². The van der Waals surface area contributed by atoms with Crippen LogP contribution in [0, 0.1) is 0 Å². The van der Waals surface area contributed by atoms with Gasteiger partial charge < -0.3 is 0 Å². The zero-order valence-corrected chi connectivity index (χ0v) is 69.2. The fourth-order valence-electron chi connectivity index (χ4n) is 20.6. The lowest BCUT2D eigenvalue weighted by atomic mass is 9.81. The highest BCUT2D eigenvalue weighted by atomic mass is 15.0. The van der Waals surface area contributed by atoms with E-state index < -0.39 is 0 Å². The van der Waals surface area contributed by atoms with Crippen LogP contribution in [0.1, 0.15) is 74.9 Å². The average molecular weight is 1570 g/mol. The molecule has 123 heavy (non-hydrogen) atoms. The molecule has 0 unspecified atom stereocenters. The van der Waals surface area contributed by atoms with Gasteiger partial charge in [0.25, 0.3) is 0 Å². The van der Waals surface area contributed by atoms with Gasteiger partial charge in [-0.1, -0.05) is 351 Å². The van der Waals surface area contributed by atoms with Crippen LogP contribution >= 0.6 is 0 Å². The molecule has 0 radical (unpaired) electrons. The minimum absolute atomic E-state index is 0.0219. The van der Waals surface area contributed by atoms with E-state index >= 15 is 0 Å². The van der Waals surface area contributed by atoms with Crippen molar-refractivity contribution in [3.05, 3.63) is 429 Å². The quantitative estimate of drug-likeness (QED) is 0.133. The lowest BCUT2D eigenvalue weighted by molar-refractivity contribution is 0.660. The first-order valence-corrected chi connectivity index (χ1v) is 42.3. The van der Waals surface area contributed by atoms with Gasteiger partial charge in [0, 0.05) is 51.5 Å². The minimum atomic E-state index is -0.0301. The number of hydrogen-bond donors (Lipinski definition) is 0. The maximum absolute atomic E-state index is 4.76. The summed E-state index contributed by atoms with van der Waals surface area (Å²) in [5.74, 6) is 0.685. The Labute approximate surface area is 715 Å². The highest BCUT2D eigenvalue weighted by molar-refractivity contribution is 6.25. The summed E-state index contributed by atoms with van der Waals surface area (Å²) in [6.07, 6.45) is 12.0. The van der Waals surface area contributed by atoms with Gasteiger partial charge in [-0.15, -0.1) is 0 Å². The molecule has 3 aromatic heterocycles. The van der Waals surface area contributed by atoms with Crippen LogP contribution in [0.4, 0.5) is 0 Å². The summed E-state index contributed by atoms with van der Waals surface area (Å²) in [5, 5.41) is 14.3. The Morgan fingerprint density at radius 1 is 0.179 bits per heavy atom. The largest absolute Gasteiger partial charge is 0.261 e. The summed E-state index contributed by atoms with van der Waals surface area (Å²) >= 11 is 0. The molecule has 7 nitrogen and oxygen atoms in total. The zero-order valence-electron chi connectivity index (χ0n) is 69.2. The van der Waals surface area contributed by atoms with Crippen molar-refractivity contribution in [1.29, 1.82) is 0 Å². The molecule has 0 N–H and O–H groups in total. The smallest absolute Gasteiger partial charge is 0.163 e. The van der Waals surface area contributed by atoms with Gasteiger partial charge in [0.05, 0.1) is 17.6 Å². The van der Waals surface area contributed by atoms with Crippen LogP contribution in [0.3, 0.4) is 0 Å². The number of fused-ring (bicyclic) bond motifs is 15. The SMILES string of the molecule is CC1(C)c2ccccc2-c2cc(-c3c4ccccc4c(-c4ccncn4)c4ccc(-c5ccccc5)cc34)ccc21.CC1(C)c2ccccc2-c2cc(-c3c4ccccc4c(-c4cnccn4)c4ccc(-c5ccccc5)cc34)ccc21.CC1(C)c2ccccc2-c2cc(-c3c4ccccc4c(-c4ncncn4)c4ccc(-c5ccccc5)cc34)ccc21. The molecule has 0 bridgehead atoms. The molecule has 0 fully saturated rings. The third-order valence-electron chi connectivity index (χ3n) is 26.4. The van der Waals surface area contributed by atoms with E-state index in [0.29, 0.717) is 5.82 Å². The van der Waals surface area contributed by atoms with Crippen molar-refractivity contribution in [2.24, 2.45) is 0 Å². The molecule has 3 heterocycles. The molecule has 24 rings (SSSR count). The molecule has 0 saturated carbocycles. The van der Waals surface area contributed by atoms with Crippen molar-refractivity contribution in [1.82, 2.24) is 34.9 Å². The Morgan fingerprint density at radius 3 is 0.854 bits per heavy atom. The Bertz CT molecular complexity index is 7060. The molecule has 3 aliphatic rings. The molecule has 0 amide bonds. The zero-order chi connectivity index (χ0) is 82.7. The maximum Gasteiger partial charge on any atom is 0.163 e. The van der Waals surface area contributed by atoms with E-state index in [1.165, 1.54) is 187 Å². The van der Waals surface area contributed by atoms with Crippen molar-refractivity contribution in [3.8, 4) is 134 Å². The Kier molecular flexibility index (Phi) is 17.8. The predicted molar refractivity (Wildman–Crippen MR) is 511 cm³/mol. The standard InChI is InChI=1S/2C39H28N2.C38H27N3/c1-39(2)34-15-9-8-12-28(34)32-23-27(17-19-35(32)39)37-29-13-6-7-14-30(29)38(36-24-40-20-21-41-36)31-18-16-26(22-33(31)37)25-10-4-3-5-11-25;1-39(2)34-15-9-8-12-28(34)32-23-27(17-19-35(32)39)37-29-13-6-7-14-30(29)38(36-20-21-40-24-41-36)31-18-16-26(22-33(31)37)25-10-4-3-5-11-25;1-38(2)33-15-9-8-12-27(33)31-21-26(17-19-34(31)38)35-28-13-6-7-14-29(28)36(37-40-22-39-23-41-37)30-18-16-25(20-32(30)35)24-10-4-3-5-11-24/h2*3-24H,1-2H3;3-23H,1-2H3. The predicted octanol–water partition coefficient (Wildman–Crippen LogP) is 29.7. The van der Waals surface area contributed by atoms with E-state index in [4.69, 9.17) is 9.97 Å². The Hall–Kier alpha value is -15.3. The number of aromatic nitrogens is 7. The van der Waals surface area contributed by atoms with Gasteiger partial charge in [0.2, 0.25) is 0 Å². The van der Waals surface area contributed by atoms with Crippen molar-refractivity contribution in [2.45, 2.75) is 57.8 Å². The van der Waals surface area contributed by atoms with Crippen LogP contribution in [0.2, 0.25) is 0 Å². The van der Waals surface area contributed by atoms with Crippen molar-refractivity contribution in [3.63, 3.8) is 0 Å². The van der Waals surface area contributed by atoms with Gasteiger partial charge >= 0.3 is 0 Å². The fourth-order valence-corrected chi connectivity index (χ4v) is 20.6. The number of rotatable bonds is 9. The van der Waals surface area contributed by atoms with Crippen LogP contribution in [-0.4, -0.2) is 34.9 Å². The first-order chi connectivity index (χ1) is 60.3. The van der Waals surface area contributed by atoms with E-state index in [1.807, 2.05) is 18.5 Å². The molecular weight excluding hydrogens is 1490 g/mol. The van der Waals surface area contributed by atoms with Gasteiger partial charge in [-0.2, -0.15) is 0 Å². The first-order valence-electron chi connectivity index (χ1n) is 42.3. The second-order valence-electron chi connectivity index (χ2n) is 34.2.